The average Bonchev–Trinajstić information content (AvgIpc) is 3.20. The van der Waals surface area contributed by atoms with E-state index in [1.54, 1.807) is 24.1 Å². The fourth-order valence-electron chi connectivity index (χ4n) is 3.24. The summed E-state index contributed by atoms with van der Waals surface area (Å²) < 4.78 is 26.7. The minimum absolute atomic E-state index is 0.140. The zero-order valence-electron chi connectivity index (χ0n) is 16.5. The number of nitrogens with one attached hydrogen (secondary N) is 2. The standard InChI is InChI=1S/C20H26N4O3S/c1-15-6-7-16(2)18(12-15)22-20(25)14-23(3)19-9-8-17(13-21-19)28(26,27)24-10-4-5-11-24/h6-9,12-13H,4-5,10-11,14H2,1-3H3,(H,22,25)/p+1. The van der Waals surface area contributed by atoms with Crippen LogP contribution in [0, 0.1) is 13.8 Å². The molecule has 8 heteroatoms. The monoisotopic (exact) mass is 403 g/mol. The number of H-pyrrole nitrogens is 1. The van der Waals surface area contributed by atoms with Gasteiger partial charge in [-0.2, -0.15) is 4.31 Å². The largest absolute Gasteiger partial charge is 0.322 e. The maximum Gasteiger partial charge on any atom is 0.274 e. The summed E-state index contributed by atoms with van der Waals surface area (Å²) in [6.45, 7) is 5.22. The summed E-state index contributed by atoms with van der Waals surface area (Å²) >= 11 is 0. The van der Waals surface area contributed by atoms with Crippen LogP contribution in [0.1, 0.15) is 24.0 Å². The lowest BCUT2D eigenvalue weighted by Gasteiger charge is -2.16. The third-order valence-electron chi connectivity index (χ3n) is 4.93. The molecule has 150 valence electrons. The normalized spacial score (nSPS) is 14.8. The lowest BCUT2D eigenvalue weighted by molar-refractivity contribution is -0.366. The van der Waals surface area contributed by atoms with E-state index in [9.17, 15) is 13.2 Å². The molecule has 3 rings (SSSR count). The van der Waals surface area contributed by atoms with Gasteiger partial charge >= 0.3 is 0 Å². The number of hydrogen-bond donors (Lipinski definition) is 1. The van der Waals surface area contributed by atoms with Crippen LogP contribution in [0.4, 0.5) is 11.5 Å². The van der Waals surface area contributed by atoms with Gasteiger partial charge in [0.25, 0.3) is 11.7 Å². The van der Waals surface area contributed by atoms with E-state index in [1.807, 2.05) is 32.0 Å². The van der Waals surface area contributed by atoms with Gasteiger partial charge in [0.2, 0.25) is 10.0 Å². The van der Waals surface area contributed by atoms with Gasteiger partial charge in [-0.1, -0.05) is 12.1 Å². The molecule has 0 radical (unpaired) electrons. The quantitative estimate of drug-likeness (QED) is 0.799. The molecule has 2 heterocycles. The van der Waals surface area contributed by atoms with Crippen molar-refractivity contribution in [1.29, 1.82) is 0 Å². The fourth-order valence-corrected chi connectivity index (χ4v) is 4.72. The van der Waals surface area contributed by atoms with Crippen LogP contribution >= 0.6 is 0 Å². The molecule has 1 aliphatic rings. The van der Waals surface area contributed by atoms with Crippen LogP contribution in [-0.4, -0.2) is 45.3 Å². The second kappa shape index (κ2) is 8.28. The van der Waals surface area contributed by atoms with Crippen LogP contribution < -0.4 is 15.2 Å². The first-order chi connectivity index (χ1) is 13.3. The van der Waals surface area contributed by atoms with E-state index in [0.717, 1.165) is 29.7 Å². The lowest BCUT2D eigenvalue weighted by atomic mass is 10.1. The third-order valence-corrected chi connectivity index (χ3v) is 6.82. The van der Waals surface area contributed by atoms with Crippen LogP contribution in [0.5, 0.6) is 0 Å². The van der Waals surface area contributed by atoms with E-state index >= 15 is 0 Å². The van der Waals surface area contributed by atoms with Crippen LogP contribution in [0.15, 0.2) is 41.4 Å². The predicted molar refractivity (Wildman–Crippen MR) is 109 cm³/mol. The van der Waals surface area contributed by atoms with Crippen molar-refractivity contribution < 1.29 is 18.2 Å². The molecule has 28 heavy (non-hydrogen) atoms. The number of hydrogen-bond acceptors (Lipinski definition) is 4. The second-order valence-electron chi connectivity index (χ2n) is 7.24. The fraction of sp³-hybridized carbons (Fsp3) is 0.400. The first kappa shape index (κ1) is 20.3. The number of rotatable bonds is 6. The zero-order chi connectivity index (χ0) is 20.3. The molecule has 1 amide bonds. The first-order valence-electron chi connectivity index (χ1n) is 9.37. The smallest absolute Gasteiger partial charge is 0.274 e. The Kier molecular flexibility index (Phi) is 6.00. The summed E-state index contributed by atoms with van der Waals surface area (Å²) in [5, 5.41) is 2.93. The number of pyridine rings is 1. The molecule has 1 aromatic carbocycles. The lowest BCUT2D eigenvalue weighted by Crippen LogP contribution is -2.34. The van der Waals surface area contributed by atoms with Gasteiger partial charge in [-0.15, -0.1) is 0 Å². The van der Waals surface area contributed by atoms with Crippen LogP contribution in [-0.2, 0) is 14.8 Å². The Morgan fingerprint density at radius 1 is 1.18 bits per heavy atom. The molecule has 0 spiro atoms. The number of nitrogens with zero attached hydrogens (tertiary/aromatic N) is 2. The van der Waals surface area contributed by atoms with E-state index in [4.69, 9.17) is 0 Å². The number of aromatic amines is 1. The minimum atomic E-state index is -3.45. The van der Waals surface area contributed by atoms with Gasteiger partial charge < -0.3 is 5.32 Å². The molecule has 2 aromatic rings. The molecular weight excluding hydrogens is 376 g/mol. The summed E-state index contributed by atoms with van der Waals surface area (Å²) in [6.07, 6.45) is 3.29. The Bertz CT molecular complexity index is 952. The summed E-state index contributed by atoms with van der Waals surface area (Å²) in [7, 11) is -1.67. The molecule has 7 nitrogen and oxygen atoms in total. The van der Waals surface area contributed by atoms with Gasteiger partial charge in [0.15, 0.2) is 6.54 Å². The number of anilines is 2. The molecule has 1 saturated heterocycles. The highest BCUT2D eigenvalue weighted by atomic mass is 32.2. The summed E-state index contributed by atoms with van der Waals surface area (Å²) in [4.78, 5) is 17.4. The molecule has 0 atom stereocenters. The first-order valence-corrected chi connectivity index (χ1v) is 10.8. The number of sulfonamides is 1. The van der Waals surface area contributed by atoms with Crippen LogP contribution in [0.2, 0.25) is 0 Å². The topological polar surface area (TPSA) is 83.9 Å². The second-order valence-corrected chi connectivity index (χ2v) is 9.18. The Balaban J connectivity index is 1.65. The van der Waals surface area contributed by atoms with Crippen molar-refractivity contribution in [3.05, 3.63) is 47.7 Å². The van der Waals surface area contributed by atoms with Crippen LogP contribution in [0.25, 0.3) is 0 Å². The number of aryl methyl sites for hydroxylation is 2. The van der Waals surface area contributed by atoms with Gasteiger partial charge in [0, 0.05) is 24.8 Å². The highest BCUT2D eigenvalue weighted by Gasteiger charge is 2.28. The Morgan fingerprint density at radius 2 is 1.89 bits per heavy atom. The molecule has 0 unspecified atom stereocenters. The predicted octanol–water partition coefficient (Wildman–Crippen LogP) is 1.98. The highest BCUT2D eigenvalue weighted by molar-refractivity contribution is 7.89. The summed E-state index contributed by atoms with van der Waals surface area (Å²) in [5.74, 6) is 0.523. The molecular formula is C20H27N4O3S+. The maximum atomic E-state index is 12.6. The van der Waals surface area contributed by atoms with Crippen molar-refractivity contribution in [2.75, 3.05) is 36.9 Å². The molecule has 0 saturated carbocycles. The van der Waals surface area contributed by atoms with Crippen molar-refractivity contribution in [3.8, 4) is 0 Å². The Morgan fingerprint density at radius 3 is 2.54 bits per heavy atom. The van der Waals surface area contributed by atoms with E-state index in [0.29, 0.717) is 18.9 Å². The Labute approximate surface area is 166 Å². The minimum Gasteiger partial charge on any atom is -0.322 e. The van der Waals surface area contributed by atoms with Crippen LogP contribution in [0.3, 0.4) is 0 Å². The molecule has 1 aromatic heterocycles. The van der Waals surface area contributed by atoms with Crippen molar-refractivity contribution in [3.63, 3.8) is 0 Å². The van der Waals surface area contributed by atoms with Gasteiger partial charge in [0.05, 0.1) is 7.05 Å². The highest BCUT2D eigenvalue weighted by Crippen LogP contribution is 2.20. The zero-order valence-corrected chi connectivity index (χ0v) is 17.3. The molecule has 1 fully saturated rings. The van der Waals surface area contributed by atoms with Gasteiger partial charge in [0.1, 0.15) is 11.1 Å². The summed E-state index contributed by atoms with van der Waals surface area (Å²) in [6, 6.07) is 9.19. The summed E-state index contributed by atoms with van der Waals surface area (Å²) in [5.41, 5.74) is 2.89. The van der Waals surface area contributed by atoms with Crippen molar-refractivity contribution in [2.45, 2.75) is 31.6 Å². The van der Waals surface area contributed by atoms with E-state index < -0.39 is 10.0 Å². The molecule has 2 N–H and O–H groups in total. The maximum absolute atomic E-state index is 12.6. The molecule has 0 aliphatic carbocycles. The number of carbonyl (C=O) groups is 1. The average molecular weight is 404 g/mol. The van der Waals surface area contributed by atoms with E-state index in [2.05, 4.69) is 10.3 Å². The number of amides is 1. The number of likely N-dealkylation sites (N-methyl/N-ethyl adjacent to an activating group) is 1. The van der Waals surface area contributed by atoms with Gasteiger partial charge in [-0.3, -0.25) is 9.69 Å². The SMILES string of the molecule is Cc1ccc(C)c(NC(=O)CN(C)c2ccc(S(=O)(=O)N3CCCC3)c[nH+]2)c1. The number of aromatic nitrogens is 1. The molecule has 0 bridgehead atoms. The van der Waals surface area contributed by atoms with Crippen molar-refractivity contribution in [1.82, 2.24) is 4.31 Å². The third kappa shape index (κ3) is 4.51. The van der Waals surface area contributed by atoms with E-state index in [-0.39, 0.29) is 17.3 Å². The molecule has 1 aliphatic heterocycles. The van der Waals surface area contributed by atoms with Crippen molar-refractivity contribution in [2.24, 2.45) is 0 Å². The number of carbonyl (C=O) groups excluding carboxylic acids is 1. The number of benzene rings is 1. The van der Waals surface area contributed by atoms with E-state index in [1.165, 1.54) is 10.5 Å². The van der Waals surface area contributed by atoms with Gasteiger partial charge in [-0.05, 0) is 49.9 Å². The Hall–Kier alpha value is -2.45. The van der Waals surface area contributed by atoms with Crippen molar-refractivity contribution >= 4 is 27.4 Å². The van der Waals surface area contributed by atoms with Gasteiger partial charge in [-0.25, -0.2) is 13.4 Å².